The van der Waals surface area contributed by atoms with Gasteiger partial charge in [0, 0.05) is 26.2 Å². The van der Waals surface area contributed by atoms with Crippen molar-refractivity contribution in [3.8, 4) is 0 Å². The number of hydrogen-bond donors (Lipinski definition) is 1. The lowest BCUT2D eigenvalue weighted by atomic mass is 10.1. The van der Waals surface area contributed by atoms with Crippen molar-refractivity contribution in [2.45, 2.75) is 39.3 Å². The van der Waals surface area contributed by atoms with Crippen molar-refractivity contribution in [3.63, 3.8) is 0 Å². The van der Waals surface area contributed by atoms with Crippen LogP contribution in [0, 0.1) is 0 Å². The Morgan fingerprint density at radius 3 is 2.40 bits per heavy atom. The van der Waals surface area contributed by atoms with Gasteiger partial charge in [0.15, 0.2) is 0 Å². The summed E-state index contributed by atoms with van der Waals surface area (Å²) in [5, 5.41) is 8.76. The van der Waals surface area contributed by atoms with E-state index in [1.54, 1.807) is 7.11 Å². The zero-order valence-electron chi connectivity index (χ0n) is 12.6. The molecule has 20 heavy (non-hydrogen) atoms. The highest BCUT2D eigenvalue weighted by Crippen LogP contribution is 2.12. The highest BCUT2D eigenvalue weighted by Gasteiger charge is 2.12. The summed E-state index contributed by atoms with van der Waals surface area (Å²) in [6, 6.07) is 8.33. The van der Waals surface area contributed by atoms with Crippen LogP contribution in [-0.4, -0.2) is 42.3 Å². The Bertz CT molecular complexity index is 403. The van der Waals surface area contributed by atoms with E-state index in [0.29, 0.717) is 6.04 Å². The summed E-state index contributed by atoms with van der Waals surface area (Å²) in [4.78, 5) is 13.0. The fourth-order valence-corrected chi connectivity index (χ4v) is 2.09. The van der Waals surface area contributed by atoms with Crippen molar-refractivity contribution in [3.05, 3.63) is 35.4 Å². The molecular formula is C16H25NO3. The van der Waals surface area contributed by atoms with E-state index in [1.807, 2.05) is 24.3 Å². The molecule has 0 saturated carbocycles. The average molecular weight is 279 g/mol. The van der Waals surface area contributed by atoms with Gasteiger partial charge >= 0.3 is 5.97 Å². The average Bonchev–Trinajstić information content (AvgIpc) is 2.43. The zero-order chi connectivity index (χ0) is 15.0. The molecule has 0 saturated heterocycles. The SMILES string of the molecule is CCC(C)N(CCOC)Cc1ccc(CC(=O)O)cc1. The fraction of sp³-hybridized carbons (Fsp3) is 0.562. The summed E-state index contributed by atoms with van der Waals surface area (Å²) in [6.07, 6.45) is 1.18. The molecular weight excluding hydrogens is 254 g/mol. The molecule has 1 N–H and O–H groups in total. The van der Waals surface area contributed by atoms with Crippen molar-refractivity contribution in [2.24, 2.45) is 0 Å². The topological polar surface area (TPSA) is 49.8 Å². The number of methoxy groups -OCH3 is 1. The maximum absolute atomic E-state index is 10.7. The van der Waals surface area contributed by atoms with Crippen molar-refractivity contribution in [2.75, 3.05) is 20.3 Å². The number of hydrogen-bond acceptors (Lipinski definition) is 3. The molecule has 1 aromatic carbocycles. The Labute approximate surface area is 121 Å². The number of carboxylic acids is 1. The molecule has 0 heterocycles. The van der Waals surface area contributed by atoms with Crippen molar-refractivity contribution < 1.29 is 14.6 Å². The minimum absolute atomic E-state index is 0.0824. The lowest BCUT2D eigenvalue weighted by molar-refractivity contribution is -0.136. The van der Waals surface area contributed by atoms with E-state index in [2.05, 4.69) is 18.7 Å². The normalized spacial score (nSPS) is 12.6. The maximum Gasteiger partial charge on any atom is 0.307 e. The van der Waals surface area contributed by atoms with E-state index in [-0.39, 0.29) is 6.42 Å². The minimum Gasteiger partial charge on any atom is -0.481 e. The molecule has 1 atom stereocenters. The van der Waals surface area contributed by atoms with Crippen LogP contribution in [-0.2, 0) is 22.5 Å². The number of carbonyl (C=O) groups is 1. The third-order valence-electron chi connectivity index (χ3n) is 3.56. The molecule has 0 fully saturated rings. The minimum atomic E-state index is -0.793. The molecule has 1 unspecified atom stereocenters. The molecule has 0 bridgehead atoms. The second-order valence-corrected chi connectivity index (χ2v) is 5.11. The van der Waals surface area contributed by atoms with Crippen LogP contribution in [0.4, 0.5) is 0 Å². The van der Waals surface area contributed by atoms with E-state index < -0.39 is 5.97 Å². The Kier molecular flexibility index (Phi) is 7.26. The largest absolute Gasteiger partial charge is 0.481 e. The van der Waals surface area contributed by atoms with Gasteiger partial charge in [0.05, 0.1) is 13.0 Å². The predicted molar refractivity (Wildman–Crippen MR) is 79.8 cm³/mol. The van der Waals surface area contributed by atoms with Crippen LogP contribution in [0.15, 0.2) is 24.3 Å². The van der Waals surface area contributed by atoms with Crippen LogP contribution in [0.25, 0.3) is 0 Å². The molecule has 1 aromatic rings. The van der Waals surface area contributed by atoms with Gasteiger partial charge in [0.2, 0.25) is 0 Å². The molecule has 4 heteroatoms. The van der Waals surface area contributed by atoms with E-state index >= 15 is 0 Å². The van der Waals surface area contributed by atoms with Gasteiger partial charge in [-0.05, 0) is 24.5 Å². The smallest absolute Gasteiger partial charge is 0.307 e. The summed E-state index contributed by atoms with van der Waals surface area (Å²) in [5.74, 6) is -0.793. The van der Waals surface area contributed by atoms with Crippen LogP contribution in [0.5, 0.6) is 0 Å². The predicted octanol–water partition coefficient (Wildman–Crippen LogP) is 2.56. The first-order valence-corrected chi connectivity index (χ1v) is 7.09. The van der Waals surface area contributed by atoms with Gasteiger partial charge < -0.3 is 9.84 Å². The number of aliphatic carboxylic acids is 1. The number of rotatable bonds is 9. The second-order valence-electron chi connectivity index (χ2n) is 5.11. The van der Waals surface area contributed by atoms with Crippen molar-refractivity contribution in [1.82, 2.24) is 4.90 Å². The number of ether oxygens (including phenoxy) is 1. The third kappa shape index (κ3) is 5.72. The number of nitrogens with zero attached hydrogens (tertiary/aromatic N) is 1. The molecule has 0 aliphatic rings. The second kappa shape index (κ2) is 8.72. The summed E-state index contributed by atoms with van der Waals surface area (Å²) >= 11 is 0. The molecule has 112 valence electrons. The Morgan fingerprint density at radius 2 is 1.90 bits per heavy atom. The van der Waals surface area contributed by atoms with Gasteiger partial charge in [-0.3, -0.25) is 9.69 Å². The van der Waals surface area contributed by atoms with Crippen LogP contribution in [0.1, 0.15) is 31.4 Å². The molecule has 0 radical (unpaired) electrons. The van der Waals surface area contributed by atoms with E-state index in [1.165, 1.54) is 5.56 Å². The standard InChI is InChI=1S/C16H25NO3/c1-4-13(2)17(9-10-20-3)12-15-7-5-14(6-8-15)11-16(18)19/h5-8,13H,4,9-12H2,1-3H3,(H,18,19). The summed E-state index contributed by atoms with van der Waals surface area (Å²) in [7, 11) is 1.72. The lowest BCUT2D eigenvalue weighted by Gasteiger charge is -2.28. The molecule has 0 aromatic heterocycles. The van der Waals surface area contributed by atoms with Crippen LogP contribution < -0.4 is 0 Å². The zero-order valence-corrected chi connectivity index (χ0v) is 12.6. The fourth-order valence-electron chi connectivity index (χ4n) is 2.09. The lowest BCUT2D eigenvalue weighted by Crippen LogP contribution is -2.34. The molecule has 4 nitrogen and oxygen atoms in total. The third-order valence-corrected chi connectivity index (χ3v) is 3.56. The molecule has 0 amide bonds. The Balaban J connectivity index is 2.65. The number of benzene rings is 1. The first-order valence-electron chi connectivity index (χ1n) is 7.09. The van der Waals surface area contributed by atoms with Gasteiger partial charge in [-0.1, -0.05) is 31.2 Å². The monoisotopic (exact) mass is 279 g/mol. The Morgan fingerprint density at radius 1 is 1.30 bits per heavy atom. The molecule has 0 spiro atoms. The summed E-state index contributed by atoms with van der Waals surface area (Å²) in [5.41, 5.74) is 2.05. The van der Waals surface area contributed by atoms with Crippen LogP contribution in [0.2, 0.25) is 0 Å². The maximum atomic E-state index is 10.7. The van der Waals surface area contributed by atoms with E-state index in [4.69, 9.17) is 9.84 Å². The van der Waals surface area contributed by atoms with E-state index in [9.17, 15) is 4.79 Å². The van der Waals surface area contributed by atoms with Crippen molar-refractivity contribution >= 4 is 5.97 Å². The summed E-state index contributed by atoms with van der Waals surface area (Å²) < 4.78 is 5.16. The highest BCUT2D eigenvalue weighted by molar-refractivity contribution is 5.70. The molecule has 0 aliphatic carbocycles. The molecule has 0 aliphatic heterocycles. The Hall–Kier alpha value is -1.39. The number of carboxylic acid groups (broad SMARTS) is 1. The first-order chi connectivity index (χ1) is 9.56. The van der Waals surface area contributed by atoms with Crippen LogP contribution >= 0.6 is 0 Å². The van der Waals surface area contributed by atoms with Gasteiger partial charge in [-0.15, -0.1) is 0 Å². The summed E-state index contributed by atoms with van der Waals surface area (Å²) in [6.45, 7) is 6.89. The first kappa shape index (κ1) is 16.7. The van der Waals surface area contributed by atoms with Gasteiger partial charge in [-0.2, -0.15) is 0 Å². The van der Waals surface area contributed by atoms with Crippen LogP contribution in [0.3, 0.4) is 0 Å². The highest BCUT2D eigenvalue weighted by atomic mass is 16.5. The quantitative estimate of drug-likeness (QED) is 0.755. The van der Waals surface area contributed by atoms with Gasteiger partial charge in [0.25, 0.3) is 0 Å². The van der Waals surface area contributed by atoms with Gasteiger partial charge in [0.1, 0.15) is 0 Å². The van der Waals surface area contributed by atoms with E-state index in [0.717, 1.165) is 31.7 Å². The molecule has 1 rings (SSSR count). The van der Waals surface area contributed by atoms with Crippen molar-refractivity contribution in [1.29, 1.82) is 0 Å². The van der Waals surface area contributed by atoms with Gasteiger partial charge in [-0.25, -0.2) is 0 Å².